The van der Waals surface area contributed by atoms with Crippen LogP contribution in [0.2, 0.25) is 0 Å². The van der Waals surface area contributed by atoms with Crippen LogP contribution < -0.4 is 24.8 Å². The highest BCUT2D eigenvalue weighted by molar-refractivity contribution is 7.88. The van der Waals surface area contributed by atoms with Crippen molar-refractivity contribution in [2.75, 3.05) is 20.3 Å². The van der Waals surface area contributed by atoms with Crippen LogP contribution in [0.4, 0.5) is 4.79 Å². The molecule has 0 spiro atoms. The first-order chi connectivity index (χ1) is 15.8. The Morgan fingerprint density at radius 1 is 0.939 bits per heavy atom. The third kappa shape index (κ3) is 8.94. The number of carbonyl (C=O) groups is 1. The summed E-state index contributed by atoms with van der Waals surface area (Å²) in [6.07, 6.45) is 1.80. The Hall–Kier alpha value is -2.78. The topological polar surface area (TPSA) is 106 Å². The van der Waals surface area contributed by atoms with E-state index in [9.17, 15) is 13.2 Å². The van der Waals surface area contributed by atoms with Crippen LogP contribution in [-0.2, 0) is 22.3 Å². The number of benzene rings is 2. The van der Waals surface area contributed by atoms with Crippen LogP contribution in [0.15, 0.2) is 42.5 Å². The number of urea groups is 1. The third-order valence-corrected chi connectivity index (χ3v) is 6.22. The lowest BCUT2D eigenvalue weighted by Crippen LogP contribution is -2.36. The predicted octanol–water partition coefficient (Wildman–Crippen LogP) is 3.87. The van der Waals surface area contributed by atoms with Crippen molar-refractivity contribution in [2.24, 2.45) is 0 Å². The van der Waals surface area contributed by atoms with Crippen LogP contribution in [0.3, 0.4) is 0 Å². The summed E-state index contributed by atoms with van der Waals surface area (Å²) in [5.74, 6) is 1.30. The van der Waals surface area contributed by atoms with Crippen molar-refractivity contribution in [1.82, 2.24) is 15.4 Å². The summed E-state index contributed by atoms with van der Waals surface area (Å²) < 4.78 is 37.2. The summed E-state index contributed by atoms with van der Waals surface area (Å²) in [5, 5.41) is 5.76. The van der Waals surface area contributed by atoms with Gasteiger partial charge in [0, 0.05) is 6.54 Å². The molecule has 2 aromatic rings. The fraction of sp³-hybridized carbons (Fsp3) is 0.458. The Morgan fingerprint density at radius 3 is 2.15 bits per heavy atom. The lowest BCUT2D eigenvalue weighted by molar-refractivity contribution is 0.237. The lowest BCUT2D eigenvalue weighted by Gasteiger charge is -2.18. The molecule has 0 radical (unpaired) electrons. The Balaban J connectivity index is 1.93. The van der Waals surface area contributed by atoms with Gasteiger partial charge in [-0.15, -0.1) is 0 Å². The van der Waals surface area contributed by atoms with Crippen LogP contribution in [0.5, 0.6) is 11.5 Å². The van der Waals surface area contributed by atoms with Crippen molar-refractivity contribution >= 4 is 16.1 Å². The Labute approximate surface area is 197 Å². The molecule has 3 N–H and O–H groups in total. The van der Waals surface area contributed by atoms with E-state index in [0.717, 1.165) is 24.0 Å². The summed E-state index contributed by atoms with van der Waals surface area (Å²) in [5.41, 5.74) is 2.46. The molecule has 0 fully saturated rings. The molecule has 2 aromatic carbocycles. The molecule has 0 heterocycles. The first-order valence-electron chi connectivity index (χ1n) is 11.2. The lowest BCUT2D eigenvalue weighted by atomic mass is 10.1. The molecular weight excluding hydrogens is 442 g/mol. The average molecular weight is 478 g/mol. The molecule has 0 aliphatic carbocycles. The summed E-state index contributed by atoms with van der Waals surface area (Å²) in [6, 6.07) is 12.3. The van der Waals surface area contributed by atoms with Gasteiger partial charge in [0.2, 0.25) is 10.0 Å². The molecular formula is C24H35N3O5S. The van der Waals surface area contributed by atoms with Gasteiger partial charge in [0.15, 0.2) is 11.5 Å². The van der Waals surface area contributed by atoms with Crippen molar-refractivity contribution in [3.05, 3.63) is 59.2 Å². The zero-order chi connectivity index (χ0) is 24.3. The van der Waals surface area contributed by atoms with Gasteiger partial charge in [-0.05, 0) is 55.6 Å². The first-order valence-corrected chi connectivity index (χ1v) is 12.9. The van der Waals surface area contributed by atoms with Gasteiger partial charge in [-0.1, -0.05) is 44.2 Å². The Kier molecular flexibility index (Phi) is 10.5. The number of amides is 2. The Morgan fingerprint density at radius 2 is 1.55 bits per heavy atom. The smallest absolute Gasteiger partial charge is 0.315 e. The first kappa shape index (κ1) is 26.5. The van der Waals surface area contributed by atoms with E-state index in [2.05, 4.69) is 15.4 Å². The molecule has 0 aliphatic rings. The van der Waals surface area contributed by atoms with Gasteiger partial charge < -0.3 is 20.1 Å². The van der Waals surface area contributed by atoms with E-state index in [1.807, 2.05) is 39.0 Å². The molecule has 2 amide bonds. The van der Waals surface area contributed by atoms with E-state index in [4.69, 9.17) is 9.47 Å². The van der Waals surface area contributed by atoms with Gasteiger partial charge in [-0.2, -0.15) is 0 Å². The van der Waals surface area contributed by atoms with E-state index < -0.39 is 10.0 Å². The van der Waals surface area contributed by atoms with Gasteiger partial charge in [-0.25, -0.2) is 17.9 Å². The molecule has 9 heteroatoms. The van der Waals surface area contributed by atoms with E-state index in [1.54, 1.807) is 24.3 Å². The number of ether oxygens (including phenoxy) is 2. The standard InChI is InChI=1S/C24H35N3O5S/c1-5-13-31-22-12-11-21(15-23(22)32-14-6-2)18(3)27-24(28)26-16-19-7-9-20(10-8-19)17-33(29,30)25-4/h7-12,15,18,25H,5-6,13-14,16-17H2,1-4H3,(H2,26,27,28)/t18-/m0/s1. The zero-order valence-electron chi connectivity index (χ0n) is 19.8. The van der Waals surface area contributed by atoms with Gasteiger partial charge in [0.25, 0.3) is 0 Å². The fourth-order valence-corrected chi connectivity index (χ4v) is 3.78. The molecule has 0 saturated carbocycles. The molecule has 0 saturated heterocycles. The maximum absolute atomic E-state index is 12.4. The summed E-state index contributed by atoms with van der Waals surface area (Å²) >= 11 is 0. The number of sulfonamides is 1. The molecule has 0 aliphatic heterocycles. The van der Waals surface area contributed by atoms with Crippen LogP contribution in [-0.4, -0.2) is 34.7 Å². The predicted molar refractivity (Wildman–Crippen MR) is 130 cm³/mol. The van der Waals surface area contributed by atoms with Crippen molar-refractivity contribution < 1.29 is 22.7 Å². The van der Waals surface area contributed by atoms with E-state index >= 15 is 0 Å². The van der Waals surface area contributed by atoms with Gasteiger partial charge in [0.05, 0.1) is 25.0 Å². The molecule has 8 nitrogen and oxygen atoms in total. The summed E-state index contributed by atoms with van der Waals surface area (Å²) in [4.78, 5) is 12.4. The normalized spacial score (nSPS) is 12.1. The second-order valence-corrected chi connectivity index (χ2v) is 9.66. The Bertz CT molecular complexity index is 994. The van der Waals surface area contributed by atoms with Crippen LogP contribution in [0, 0.1) is 0 Å². The van der Waals surface area contributed by atoms with Gasteiger partial charge in [-0.3, -0.25) is 0 Å². The van der Waals surface area contributed by atoms with E-state index in [0.29, 0.717) is 36.8 Å². The fourth-order valence-electron chi connectivity index (χ4n) is 3.01. The van der Waals surface area contributed by atoms with Gasteiger partial charge >= 0.3 is 6.03 Å². The molecule has 2 rings (SSSR count). The van der Waals surface area contributed by atoms with Crippen LogP contribution in [0.25, 0.3) is 0 Å². The van der Waals surface area contributed by atoms with Crippen molar-refractivity contribution in [2.45, 2.75) is 52.0 Å². The number of rotatable bonds is 13. The van der Waals surface area contributed by atoms with Crippen LogP contribution in [0.1, 0.15) is 56.3 Å². The highest BCUT2D eigenvalue weighted by Gasteiger charge is 2.14. The zero-order valence-corrected chi connectivity index (χ0v) is 20.6. The van der Waals surface area contributed by atoms with Crippen molar-refractivity contribution in [3.63, 3.8) is 0 Å². The second-order valence-electron chi connectivity index (χ2n) is 7.73. The highest BCUT2D eigenvalue weighted by Crippen LogP contribution is 2.31. The number of carbonyl (C=O) groups excluding carboxylic acids is 1. The quantitative estimate of drug-likeness (QED) is 0.406. The minimum atomic E-state index is -3.31. The van der Waals surface area contributed by atoms with Gasteiger partial charge in [0.1, 0.15) is 0 Å². The third-order valence-electron chi connectivity index (χ3n) is 4.88. The minimum absolute atomic E-state index is 0.0819. The maximum atomic E-state index is 12.4. The highest BCUT2D eigenvalue weighted by atomic mass is 32.2. The maximum Gasteiger partial charge on any atom is 0.315 e. The summed E-state index contributed by atoms with van der Waals surface area (Å²) in [7, 11) is -1.92. The number of hydrogen-bond donors (Lipinski definition) is 3. The molecule has 0 bridgehead atoms. The molecule has 1 atom stereocenters. The average Bonchev–Trinajstić information content (AvgIpc) is 2.81. The largest absolute Gasteiger partial charge is 0.490 e. The molecule has 0 unspecified atom stereocenters. The molecule has 33 heavy (non-hydrogen) atoms. The summed E-state index contributed by atoms with van der Waals surface area (Å²) in [6.45, 7) is 7.53. The van der Waals surface area contributed by atoms with E-state index in [-0.39, 0.29) is 17.8 Å². The monoisotopic (exact) mass is 477 g/mol. The van der Waals surface area contributed by atoms with E-state index in [1.165, 1.54) is 7.05 Å². The molecule has 182 valence electrons. The van der Waals surface area contributed by atoms with Crippen LogP contribution >= 0.6 is 0 Å². The minimum Gasteiger partial charge on any atom is -0.490 e. The number of nitrogens with one attached hydrogen (secondary N) is 3. The van der Waals surface area contributed by atoms with Crippen molar-refractivity contribution in [3.8, 4) is 11.5 Å². The number of hydrogen-bond acceptors (Lipinski definition) is 5. The SMILES string of the molecule is CCCOc1ccc([C@H](C)NC(=O)NCc2ccc(CS(=O)(=O)NC)cc2)cc1OCCC. The second kappa shape index (κ2) is 13.1. The molecule has 0 aromatic heterocycles. The van der Waals surface area contributed by atoms with Crippen molar-refractivity contribution in [1.29, 1.82) is 0 Å².